The average Bonchev–Trinajstić information content (AvgIpc) is 3.32. The van der Waals surface area contributed by atoms with E-state index in [-0.39, 0.29) is 0 Å². The van der Waals surface area contributed by atoms with E-state index in [1.807, 2.05) is 0 Å². The molecule has 0 N–H and O–H groups in total. The molecule has 6 rings (SSSR count). The van der Waals surface area contributed by atoms with Gasteiger partial charge in [0.15, 0.2) is 0 Å². The normalized spacial score (nSPS) is 34.2. The molecule has 0 aromatic heterocycles. The van der Waals surface area contributed by atoms with Crippen molar-refractivity contribution in [2.45, 2.75) is 55.9 Å². The molecule has 2 aliphatic heterocycles. The summed E-state index contributed by atoms with van der Waals surface area (Å²) in [5.74, 6) is 1.36. The maximum atomic E-state index is 2.60. The zero-order valence-corrected chi connectivity index (χ0v) is 15.9. The first-order chi connectivity index (χ1) is 11.8. The molecule has 5 aliphatic rings. The van der Waals surface area contributed by atoms with Gasteiger partial charge in [-0.15, -0.1) is 23.5 Å². The summed E-state index contributed by atoms with van der Waals surface area (Å²) in [6.45, 7) is 4.61. The first-order valence-electron chi connectivity index (χ1n) is 9.43. The maximum absolute atomic E-state index is 2.60. The number of benzene rings is 1. The first kappa shape index (κ1) is 14.3. The van der Waals surface area contributed by atoms with Gasteiger partial charge in [0.05, 0.1) is 0 Å². The average molecular weight is 351 g/mol. The third-order valence-electron chi connectivity index (χ3n) is 6.62. The smallest absolute Gasteiger partial charge is 0.0447 e. The molecule has 0 radical (unpaired) electrons. The van der Waals surface area contributed by atoms with E-state index in [2.05, 4.69) is 61.7 Å². The van der Waals surface area contributed by atoms with Crippen LogP contribution in [0.2, 0.25) is 0 Å². The molecule has 4 unspecified atom stereocenters. The molecule has 1 aromatic carbocycles. The van der Waals surface area contributed by atoms with Gasteiger partial charge in [-0.1, -0.05) is 43.7 Å². The van der Waals surface area contributed by atoms with Crippen LogP contribution in [0.15, 0.2) is 34.1 Å². The van der Waals surface area contributed by atoms with E-state index in [9.17, 15) is 0 Å². The number of rotatable bonds is 2. The van der Waals surface area contributed by atoms with E-state index in [1.54, 1.807) is 42.5 Å². The Bertz CT molecular complexity index is 962. The lowest BCUT2D eigenvalue weighted by Gasteiger charge is -2.19. The van der Waals surface area contributed by atoms with Crippen LogP contribution in [0.25, 0.3) is 11.1 Å². The lowest BCUT2D eigenvalue weighted by Crippen LogP contribution is -2.34. The lowest BCUT2D eigenvalue weighted by atomic mass is 9.90. The van der Waals surface area contributed by atoms with E-state index >= 15 is 0 Å². The Morgan fingerprint density at radius 2 is 1.42 bits per heavy atom. The maximum Gasteiger partial charge on any atom is 0.0447 e. The molecule has 2 heterocycles. The molecule has 122 valence electrons. The van der Waals surface area contributed by atoms with Crippen molar-refractivity contribution in [1.29, 1.82) is 0 Å². The largest absolute Gasteiger partial charge is 0.122 e. The molecule has 0 fully saturated rings. The standard InChI is InChI=1S/C22H22S2/c1-3-11-9-17-13-5-8-16-20-14(18-10-12(4-2)24-22(16)18)6-7-15(19(13)20)21(17)23-11/h5,8-10,17-18,21-22H,3-4,6-7H2,1-2H3. The predicted molar refractivity (Wildman–Crippen MR) is 106 cm³/mol. The fourth-order valence-corrected chi connectivity index (χ4v) is 8.49. The highest BCUT2D eigenvalue weighted by molar-refractivity contribution is 8.04. The van der Waals surface area contributed by atoms with Gasteiger partial charge in [0.1, 0.15) is 0 Å². The minimum atomic E-state index is 0.662. The van der Waals surface area contributed by atoms with Gasteiger partial charge in [0.25, 0.3) is 0 Å². The molecule has 0 saturated heterocycles. The van der Waals surface area contributed by atoms with Crippen LogP contribution >= 0.6 is 23.5 Å². The van der Waals surface area contributed by atoms with Crippen molar-refractivity contribution in [3.8, 4) is 0 Å². The van der Waals surface area contributed by atoms with E-state index in [1.165, 1.54) is 25.7 Å². The zero-order chi connectivity index (χ0) is 16.0. The number of fused-ring (bicyclic) bond motifs is 6. The molecule has 3 aliphatic carbocycles. The molecule has 1 aromatic rings. The van der Waals surface area contributed by atoms with E-state index in [4.69, 9.17) is 0 Å². The third-order valence-corrected chi connectivity index (χ3v) is 9.71. The molecule has 24 heavy (non-hydrogen) atoms. The van der Waals surface area contributed by atoms with Gasteiger partial charge in [-0.25, -0.2) is 0 Å². The van der Waals surface area contributed by atoms with Crippen LogP contribution in [0.5, 0.6) is 0 Å². The Morgan fingerprint density at radius 1 is 0.792 bits per heavy atom. The van der Waals surface area contributed by atoms with Crippen molar-refractivity contribution in [2.75, 3.05) is 0 Å². The number of hydrogen-bond donors (Lipinski definition) is 0. The topological polar surface area (TPSA) is 0 Å². The Kier molecular flexibility index (Phi) is 2.90. The minimum absolute atomic E-state index is 0.662. The van der Waals surface area contributed by atoms with Gasteiger partial charge in [0.2, 0.25) is 0 Å². The molecular formula is C22H22S2. The van der Waals surface area contributed by atoms with Crippen molar-refractivity contribution in [3.63, 3.8) is 0 Å². The summed E-state index contributed by atoms with van der Waals surface area (Å²) in [5.41, 5.74) is 6.85. The van der Waals surface area contributed by atoms with Crippen molar-refractivity contribution in [3.05, 3.63) is 55.7 Å². The zero-order valence-electron chi connectivity index (χ0n) is 14.3. The van der Waals surface area contributed by atoms with Crippen molar-refractivity contribution < 1.29 is 0 Å². The molecule has 0 nitrogen and oxygen atoms in total. The highest BCUT2D eigenvalue weighted by Gasteiger charge is 2.44. The second kappa shape index (κ2) is 4.86. The van der Waals surface area contributed by atoms with Crippen LogP contribution in [0.4, 0.5) is 0 Å². The molecule has 0 spiro atoms. The minimum Gasteiger partial charge on any atom is -0.122 e. The van der Waals surface area contributed by atoms with Gasteiger partial charge in [-0.3, -0.25) is 0 Å². The third kappa shape index (κ3) is 1.60. The van der Waals surface area contributed by atoms with Crippen molar-refractivity contribution in [1.82, 2.24) is 0 Å². The summed E-state index contributed by atoms with van der Waals surface area (Å²) < 4.78 is 0. The number of hydrogen-bond acceptors (Lipinski definition) is 2. The highest BCUT2D eigenvalue weighted by atomic mass is 32.2. The quantitative estimate of drug-likeness (QED) is 0.736. The Labute approximate surface area is 152 Å². The molecule has 4 atom stereocenters. The van der Waals surface area contributed by atoms with Crippen LogP contribution in [0, 0.1) is 5.92 Å². The van der Waals surface area contributed by atoms with Crippen LogP contribution in [-0.4, -0.2) is 5.25 Å². The van der Waals surface area contributed by atoms with Crippen LogP contribution in [0.3, 0.4) is 0 Å². The summed E-state index contributed by atoms with van der Waals surface area (Å²) in [5, 5.41) is 4.80. The summed E-state index contributed by atoms with van der Waals surface area (Å²) in [4.78, 5) is 3.22. The predicted octanol–water partition coefficient (Wildman–Crippen LogP) is 5.00. The van der Waals surface area contributed by atoms with E-state index in [0.29, 0.717) is 17.1 Å². The second-order valence-corrected chi connectivity index (χ2v) is 10.2. The van der Waals surface area contributed by atoms with Gasteiger partial charge < -0.3 is 0 Å². The van der Waals surface area contributed by atoms with Crippen LogP contribution < -0.4 is 10.4 Å². The molecule has 2 heteroatoms. The van der Waals surface area contributed by atoms with Gasteiger partial charge >= 0.3 is 0 Å². The molecule has 0 amide bonds. The van der Waals surface area contributed by atoms with Crippen molar-refractivity contribution >= 4 is 34.7 Å². The fraction of sp³-hybridized carbons (Fsp3) is 0.455. The van der Waals surface area contributed by atoms with E-state index in [0.717, 1.165) is 5.25 Å². The summed E-state index contributed by atoms with van der Waals surface area (Å²) in [7, 11) is 0. The van der Waals surface area contributed by atoms with Gasteiger partial charge in [-0.2, -0.15) is 0 Å². The number of thioether (sulfide) groups is 2. The summed E-state index contributed by atoms with van der Waals surface area (Å²) >= 11 is 4.31. The van der Waals surface area contributed by atoms with Crippen LogP contribution in [-0.2, 0) is 0 Å². The molecular weight excluding hydrogens is 328 g/mol. The van der Waals surface area contributed by atoms with Crippen LogP contribution in [0.1, 0.15) is 61.8 Å². The molecule has 0 saturated carbocycles. The summed E-state index contributed by atoms with van der Waals surface area (Å²) in [6, 6.07) is 4.98. The monoisotopic (exact) mass is 350 g/mol. The van der Waals surface area contributed by atoms with Gasteiger partial charge in [0, 0.05) is 22.3 Å². The Balaban J connectivity index is 1.62. The fourth-order valence-electron chi connectivity index (χ4n) is 5.59. The first-order valence-corrected chi connectivity index (χ1v) is 11.2. The highest BCUT2D eigenvalue weighted by Crippen LogP contribution is 2.57. The lowest BCUT2D eigenvalue weighted by molar-refractivity contribution is 0.804. The second-order valence-electron chi connectivity index (χ2n) is 7.65. The number of allylic oxidation sites excluding steroid dienone is 4. The molecule has 0 bridgehead atoms. The SMILES string of the molecule is CCC1=CC2c3ccc4c5c3=C(CCC=5C3C=C(CC)SC43)C2S1. The summed E-state index contributed by atoms with van der Waals surface area (Å²) in [6.07, 6.45) is 10.2. The Morgan fingerprint density at radius 3 is 2.21 bits per heavy atom. The Hall–Kier alpha value is -0.860. The van der Waals surface area contributed by atoms with Gasteiger partial charge in [-0.05, 0) is 62.6 Å². The van der Waals surface area contributed by atoms with Crippen molar-refractivity contribution in [2.24, 2.45) is 5.92 Å². The van der Waals surface area contributed by atoms with E-state index < -0.39 is 0 Å².